The molecule has 2 heteroatoms. The number of ether oxygens (including phenoxy) is 1. The van der Waals surface area contributed by atoms with Crippen molar-refractivity contribution < 1.29 is 6.16 Å². The highest BCUT2D eigenvalue weighted by molar-refractivity contribution is 4.62. The molecule has 0 amide bonds. The van der Waals surface area contributed by atoms with E-state index in [2.05, 4.69) is 12.2 Å². The lowest BCUT2D eigenvalue weighted by atomic mass is 10.3. The van der Waals surface area contributed by atoms with Crippen LogP contribution in [0, 0.1) is 0 Å². The van der Waals surface area contributed by atoms with E-state index in [1.807, 2.05) is 13.8 Å². The summed E-state index contributed by atoms with van der Waals surface area (Å²) >= 11 is 0. The van der Waals surface area contributed by atoms with Gasteiger partial charge in [-0.2, -0.15) is 0 Å². The van der Waals surface area contributed by atoms with Crippen LogP contribution in [-0.2, 0) is 4.74 Å². The van der Waals surface area contributed by atoms with Crippen LogP contribution in [0.1, 0.15) is 22.2 Å². The van der Waals surface area contributed by atoms with Crippen LogP contribution >= 0.6 is 0 Å². The van der Waals surface area contributed by atoms with E-state index >= 15 is 0 Å². The fraction of sp³-hybridized carbons (Fsp3) is 1.00. The first-order valence-corrected chi connectivity index (χ1v) is 3.71. The van der Waals surface area contributed by atoms with Crippen molar-refractivity contribution in [2.24, 2.45) is 0 Å². The topological polar surface area (TPSA) is 21.3 Å². The van der Waals surface area contributed by atoms with E-state index in [1.54, 1.807) is 0 Å². The van der Waals surface area contributed by atoms with Gasteiger partial charge in [0, 0.05) is 14.0 Å². The average Bonchev–Trinajstić information content (AvgIpc) is 1.94. The van der Waals surface area contributed by atoms with Crippen molar-refractivity contribution in [3.8, 4) is 0 Å². The quantitative estimate of drug-likeness (QED) is 0.537. The summed E-state index contributed by atoms with van der Waals surface area (Å²) in [5.74, 6) is 0. The molecule has 2 nitrogen and oxygen atoms in total. The lowest BCUT2D eigenvalue weighted by Crippen LogP contribution is -2.38. The van der Waals surface area contributed by atoms with Crippen molar-refractivity contribution in [1.82, 2.24) is 5.32 Å². The molecular weight excluding hydrogens is 114 g/mol. The van der Waals surface area contributed by atoms with Crippen LogP contribution in [0.25, 0.3) is 0 Å². The van der Waals surface area contributed by atoms with E-state index < -0.39 is 0 Å². The highest BCUT2D eigenvalue weighted by Crippen LogP contribution is 1.88. The van der Waals surface area contributed by atoms with Crippen molar-refractivity contribution in [2.75, 3.05) is 19.8 Å². The SMILES string of the molecule is CC.CC1COCCN1.[HH]. The van der Waals surface area contributed by atoms with Gasteiger partial charge in [0.15, 0.2) is 0 Å². The first kappa shape index (κ1) is 8.92. The average molecular weight is 133 g/mol. The van der Waals surface area contributed by atoms with Gasteiger partial charge < -0.3 is 10.1 Å². The smallest absolute Gasteiger partial charge is 0.0617 e. The normalized spacial score (nSPS) is 26.3. The Kier molecular flexibility index (Phi) is 5.99. The van der Waals surface area contributed by atoms with Crippen LogP contribution in [0.5, 0.6) is 0 Å². The molecule has 58 valence electrons. The van der Waals surface area contributed by atoms with Crippen molar-refractivity contribution in [1.29, 1.82) is 0 Å². The molecule has 1 unspecified atom stereocenters. The van der Waals surface area contributed by atoms with Gasteiger partial charge in [0.25, 0.3) is 0 Å². The van der Waals surface area contributed by atoms with Gasteiger partial charge in [-0.1, -0.05) is 13.8 Å². The number of morpholine rings is 1. The highest BCUT2D eigenvalue weighted by atomic mass is 16.5. The van der Waals surface area contributed by atoms with Gasteiger partial charge in [-0.25, -0.2) is 0 Å². The van der Waals surface area contributed by atoms with Crippen LogP contribution < -0.4 is 5.32 Å². The summed E-state index contributed by atoms with van der Waals surface area (Å²) in [7, 11) is 0. The van der Waals surface area contributed by atoms with Gasteiger partial charge >= 0.3 is 0 Å². The lowest BCUT2D eigenvalue weighted by molar-refractivity contribution is 0.0824. The Balaban J connectivity index is 0. The third-order valence-electron chi connectivity index (χ3n) is 1.11. The number of nitrogens with one attached hydrogen (secondary N) is 1. The molecule has 1 heterocycles. The molecule has 0 aromatic carbocycles. The molecular formula is C7H19NO. The molecule has 0 aromatic rings. The summed E-state index contributed by atoms with van der Waals surface area (Å²) in [6.07, 6.45) is 0. The zero-order chi connectivity index (χ0) is 7.11. The summed E-state index contributed by atoms with van der Waals surface area (Å²) in [6, 6.07) is 0.564. The summed E-state index contributed by atoms with van der Waals surface area (Å²) in [5, 5.41) is 3.26. The second kappa shape index (κ2) is 6.05. The van der Waals surface area contributed by atoms with E-state index in [9.17, 15) is 0 Å². The van der Waals surface area contributed by atoms with Crippen LogP contribution in [0.2, 0.25) is 0 Å². The molecule has 1 fully saturated rings. The van der Waals surface area contributed by atoms with Crippen molar-refractivity contribution in [3.05, 3.63) is 0 Å². The Morgan fingerprint density at radius 3 is 2.44 bits per heavy atom. The van der Waals surface area contributed by atoms with Crippen molar-refractivity contribution in [2.45, 2.75) is 26.8 Å². The molecule has 1 atom stereocenters. The number of hydrogen-bond donors (Lipinski definition) is 1. The van der Waals surface area contributed by atoms with Gasteiger partial charge in [-0.15, -0.1) is 0 Å². The highest BCUT2D eigenvalue weighted by Gasteiger charge is 2.04. The largest absolute Gasteiger partial charge is 0.379 e. The molecule has 0 radical (unpaired) electrons. The van der Waals surface area contributed by atoms with Gasteiger partial charge in [-0.3, -0.25) is 0 Å². The second-order valence-electron chi connectivity index (χ2n) is 1.93. The number of hydrogen-bond acceptors (Lipinski definition) is 2. The summed E-state index contributed by atoms with van der Waals surface area (Å²) in [5.41, 5.74) is 0. The minimum atomic E-state index is 0. The minimum absolute atomic E-state index is 0. The van der Waals surface area contributed by atoms with Crippen LogP contribution in [0.4, 0.5) is 0 Å². The maximum absolute atomic E-state index is 5.12. The van der Waals surface area contributed by atoms with E-state index in [-0.39, 0.29) is 1.43 Å². The molecule has 1 aliphatic heterocycles. The summed E-state index contributed by atoms with van der Waals surface area (Å²) < 4.78 is 5.12. The molecule has 9 heavy (non-hydrogen) atoms. The lowest BCUT2D eigenvalue weighted by Gasteiger charge is -2.19. The van der Waals surface area contributed by atoms with Gasteiger partial charge in [0.05, 0.1) is 13.2 Å². The van der Waals surface area contributed by atoms with Gasteiger partial charge in [0.2, 0.25) is 0 Å². The fourth-order valence-corrected chi connectivity index (χ4v) is 0.697. The van der Waals surface area contributed by atoms with Crippen LogP contribution in [0.3, 0.4) is 0 Å². The van der Waals surface area contributed by atoms with E-state index in [4.69, 9.17) is 4.74 Å². The van der Waals surface area contributed by atoms with Crippen molar-refractivity contribution >= 4 is 0 Å². The molecule has 1 rings (SSSR count). The molecule has 1 saturated heterocycles. The predicted molar refractivity (Wildman–Crippen MR) is 41.7 cm³/mol. The molecule has 0 spiro atoms. The standard InChI is InChI=1S/C5H11NO.C2H6.H2/c1-5-4-7-3-2-6-5;1-2;/h5-6H,2-4H2,1H3;1-2H3;1H. The first-order valence-electron chi connectivity index (χ1n) is 3.71. The minimum Gasteiger partial charge on any atom is -0.379 e. The zero-order valence-corrected chi connectivity index (χ0v) is 6.61. The second-order valence-corrected chi connectivity index (χ2v) is 1.93. The Bertz CT molecular complexity index is 55.6. The van der Waals surface area contributed by atoms with Gasteiger partial charge in [-0.05, 0) is 6.92 Å². The van der Waals surface area contributed by atoms with Crippen LogP contribution in [-0.4, -0.2) is 25.8 Å². The van der Waals surface area contributed by atoms with E-state index in [1.165, 1.54) is 0 Å². The van der Waals surface area contributed by atoms with Crippen LogP contribution in [0.15, 0.2) is 0 Å². The van der Waals surface area contributed by atoms with E-state index in [0.29, 0.717) is 6.04 Å². The van der Waals surface area contributed by atoms with Gasteiger partial charge in [0.1, 0.15) is 0 Å². The summed E-state index contributed by atoms with van der Waals surface area (Å²) in [4.78, 5) is 0. The monoisotopic (exact) mass is 133 g/mol. The Labute approximate surface area is 59.1 Å². The molecule has 1 aliphatic rings. The molecule has 0 aromatic heterocycles. The molecule has 0 aliphatic carbocycles. The Morgan fingerprint density at radius 2 is 2.22 bits per heavy atom. The predicted octanol–water partition coefficient (Wildman–Crippen LogP) is 1.27. The first-order chi connectivity index (χ1) is 4.39. The molecule has 0 bridgehead atoms. The maximum Gasteiger partial charge on any atom is 0.0617 e. The molecule has 0 saturated carbocycles. The van der Waals surface area contributed by atoms with Crippen molar-refractivity contribution in [3.63, 3.8) is 0 Å². The Morgan fingerprint density at radius 1 is 1.56 bits per heavy atom. The molecule has 1 N–H and O–H groups in total. The summed E-state index contributed by atoms with van der Waals surface area (Å²) in [6.45, 7) is 8.89. The fourth-order valence-electron chi connectivity index (χ4n) is 0.697. The maximum atomic E-state index is 5.12. The Hall–Kier alpha value is -0.0800. The third-order valence-corrected chi connectivity index (χ3v) is 1.11. The zero-order valence-electron chi connectivity index (χ0n) is 6.61. The third kappa shape index (κ3) is 4.43. The number of rotatable bonds is 0. The van der Waals surface area contributed by atoms with E-state index in [0.717, 1.165) is 19.8 Å².